The average Bonchev–Trinajstić information content (AvgIpc) is 2.69. The van der Waals surface area contributed by atoms with E-state index in [-0.39, 0.29) is 11.5 Å². The third kappa shape index (κ3) is 4.40. The molecule has 0 aliphatic carbocycles. The molecule has 0 spiro atoms. The van der Waals surface area contributed by atoms with Crippen LogP contribution in [0.4, 0.5) is 5.69 Å². The lowest BCUT2D eigenvalue weighted by Gasteiger charge is -2.10. The van der Waals surface area contributed by atoms with Gasteiger partial charge in [0.2, 0.25) is 0 Å². The Bertz CT molecular complexity index is 953. The molecule has 0 radical (unpaired) electrons. The summed E-state index contributed by atoms with van der Waals surface area (Å²) in [6, 6.07) is 16.0. The Balaban J connectivity index is 1.65. The maximum atomic E-state index is 12.4. The number of pyridine rings is 1. The Morgan fingerprint density at radius 3 is 2.30 bits per heavy atom. The fourth-order valence-corrected chi connectivity index (χ4v) is 2.35. The van der Waals surface area contributed by atoms with E-state index in [1.165, 1.54) is 31.6 Å². The average molecular weight is 364 g/mol. The highest BCUT2D eigenvalue weighted by atomic mass is 16.5. The normalized spacial score (nSPS) is 10.1. The Morgan fingerprint density at radius 2 is 1.63 bits per heavy atom. The van der Waals surface area contributed by atoms with Crippen LogP contribution in [-0.4, -0.2) is 19.0 Å². The number of carbonyl (C=O) groups is 2. The van der Waals surface area contributed by atoms with Gasteiger partial charge in [0, 0.05) is 17.8 Å². The van der Waals surface area contributed by atoms with E-state index in [0.717, 1.165) is 0 Å². The van der Waals surface area contributed by atoms with E-state index in [0.29, 0.717) is 27.5 Å². The molecule has 0 aliphatic rings. The van der Waals surface area contributed by atoms with Gasteiger partial charge in [0.1, 0.15) is 11.5 Å². The first kappa shape index (κ1) is 17.9. The van der Waals surface area contributed by atoms with Gasteiger partial charge in [-0.05, 0) is 36.4 Å². The van der Waals surface area contributed by atoms with Crippen molar-refractivity contribution in [3.8, 4) is 11.5 Å². The first-order valence-corrected chi connectivity index (χ1v) is 8.02. The molecule has 2 aromatic carbocycles. The maximum absolute atomic E-state index is 12.4. The van der Waals surface area contributed by atoms with Crippen molar-refractivity contribution in [1.82, 2.24) is 0 Å². The zero-order valence-corrected chi connectivity index (χ0v) is 14.4. The molecule has 3 rings (SSSR count). The van der Waals surface area contributed by atoms with Crippen LogP contribution in [-0.2, 0) is 0 Å². The van der Waals surface area contributed by atoms with Crippen molar-refractivity contribution in [3.05, 3.63) is 89.4 Å². The van der Waals surface area contributed by atoms with E-state index < -0.39 is 5.97 Å². The third-order valence-corrected chi connectivity index (χ3v) is 3.71. The smallest absolute Gasteiger partial charge is 0.343 e. The molecule has 0 unspecified atom stereocenters. The van der Waals surface area contributed by atoms with Gasteiger partial charge < -0.3 is 20.0 Å². The number of carbonyl (C=O) groups excluding carboxylic acids is 2. The van der Waals surface area contributed by atoms with Gasteiger partial charge in [-0.15, -0.1) is 0 Å². The minimum atomic E-state index is -0.582. The summed E-state index contributed by atoms with van der Waals surface area (Å²) in [4.78, 5) is 24.4. The van der Waals surface area contributed by atoms with E-state index in [4.69, 9.17) is 9.47 Å². The molecule has 1 aromatic heterocycles. The number of nitrogens with one attached hydrogen (secondary N) is 1. The number of anilines is 1. The van der Waals surface area contributed by atoms with Crippen molar-refractivity contribution < 1.29 is 23.8 Å². The number of benzene rings is 2. The molecule has 0 atom stereocenters. The van der Waals surface area contributed by atoms with Crippen molar-refractivity contribution in [1.29, 1.82) is 0 Å². The van der Waals surface area contributed by atoms with Crippen molar-refractivity contribution in [2.75, 3.05) is 12.4 Å². The Hall–Kier alpha value is -3.87. The topological polar surface area (TPSA) is 91.6 Å². The van der Waals surface area contributed by atoms with Crippen LogP contribution in [0, 0.1) is 5.21 Å². The number of hydrogen-bond acceptors (Lipinski definition) is 5. The summed E-state index contributed by atoms with van der Waals surface area (Å²) < 4.78 is 11.0. The lowest BCUT2D eigenvalue weighted by atomic mass is 10.2. The number of aromatic nitrogens is 1. The number of nitrogens with zero attached hydrogens (tertiary/aromatic N) is 1. The molecule has 0 fully saturated rings. The second-order valence-electron chi connectivity index (χ2n) is 5.52. The Labute approximate surface area is 155 Å². The summed E-state index contributed by atoms with van der Waals surface area (Å²) in [5.41, 5.74) is 1.21. The van der Waals surface area contributed by atoms with Crippen molar-refractivity contribution in [2.45, 2.75) is 0 Å². The van der Waals surface area contributed by atoms with Crippen LogP contribution in [0.25, 0.3) is 0 Å². The molecule has 0 bridgehead atoms. The fraction of sp³-hybridized carbons (Fsp3) is 0.0500. The van der Waals surface area contributed by atoms with Crippen molar-refractivity contribution >= 4 is 17.6 Å². The summed E-state index contributed by atoms with van der Waals surface area (Å²) in [6.07, 6.45) is 2.43. The zero-order chi connectivity index (χ0) is 19.2. The summed E-state index contributed by atoms with van der Waals surface area (Å²) in [5.74, 6) is -0.106. The highest BCUT2D eigenvalue weighted by molar-refractivity contribution is 6.06. The lowest BCUT2D eigenvalue weighted by Crippen LogP contribution is -2.24. The fourth-order valence-electron chi connectivity index (χ4n) is 2.35. The molecule has 0 saturated carbocycles. The van der Waals surface area contributed by atoms with Gasteiger partial charge in [0.25, 0.3) is 5.91 Å². The van der Waals surface area contributed by atoms with E-state index in [1.54, 1.807) is 48.5 Å². The molecule has 1 heterocycles. The van der Waals surface area contributed by atoms with Gasteiger partial charge in [-0.25, -0.2) is 4.79 Å². The molecular weight excluding hydrogens is 348 g/mol. The summed E-state index contributed by atoms with van der Waals surface area (Å²) in [7, 11) is 1.50. The third-order valence-electron chi connectivity index (χ3n) is 3.71. The molecule has 3 aromatic rings. The minimum Gasteiger partial charge on any atom is -0.619 e. The van der Waals surface area contributed by atoms with Gasteiger partial charge in [-0.2, -0.15) is 4.73 Å². The van der Waals surface area contributed by atoms with Gasteiger partial charge in [-0.1, -0.05) is 12.1 Å². The Morgan fingerprint density at radius 1 is 0.963 bits per heavy atom. The molecule has 1 N–H and O–H groups in total. The van der Waals surface area contributed by atoms with Gasteiger partial charge in [0.05, 0.1) is 18.2 Å². The first-order valence-electron chi connectivity index (χ1n) is 8.02. The van der Waals surface area contributed by atoms with Crippen LogP contribution < -0.4 is 19.5 Å². The Kier molecular flexibility index (Phi) is 5.32. The highest BCUT2D eigenvalue weighted by Gasteiger charge is 2.13. The minimum absolute atomic E-state index is 0.260. The van der Waals surface area contributed by atoms with Crippen LogP contribution in [0.1, 0.15) is 20.7 Å². The number of ether oxygens (including phenoxy) is 2. The van der Waals surface area contributed by atoms with Crippen molar-refractivity contribution in [3.63, 3.8) is 0 Å². The lowest BCUT2D eigenvalue weighted by molar-refractivity contribution is -0.605. The number of rotatable bonds is 5. The van der Waals surface area contributed by atoms with Crippen LogP contribution >= 0.6 is 0 Å². The number of esters is 1. The van der Waals surface area contributed by atoms with Gasteiger partial charge >= 0.3 is 5.97 Å². The molecule has 0 saturated heterocycles. The maximum Gasteiger partial charge on any atom is 0.343 e. The summed E-state index contributed by atoms with van der Waals surface area (Å²) >= 11 is 0. The van der Waals surface area contributed by atoms with E-state index in [2.05, 4.69) is 5.32 Å². The van der Waals surface area contributed by atoms with E-state index in [1.807, 2.05) is 0 Å². The highest BCUT2D eigenvalue weighted by Crippen LogP contribution is 2.21. The van der Waals surface area contributed by atoms with Crippen LogP contribution in [0.2, 0.25) is 0 Å². The number of para-hydroxylation sites is 1. The molecule has 7 heteroatoms. The molecule has 0 aliphatic heterocycles. The second-order valence-corrected chi connectivity index (χ2v) is 5.52. The van der Waals surface area contributed by atoms with Crippen LogP contribution in [0.3, 0.4) is 0 Å². The molecule has 27 heavy (non-hydrogen) atoms. The van der Waals surface area contributed by atoms with E-state index >= 15 is 0 Å². The molecule has 136 valence electrons. The second kappa shape index (κ2) is 8.01. The summed E-state index contributed by atoms with van der Waals surface area (Å²) in [5, 5.41) is 13.7. The predicted molar refractivity (Wildman–Crippen MR) is 97.7 cm³/mol. The monoisotopic (exact) mass is 364 g/mol. The van der Waals surface area contributed by atoms with Crippen LogP contribution in [0.15, 0.2) is 73.1 Å². The number of hydrogen-bond donors (Lipinski definition) is 1. The SMILES string of the molecule is COc1ccccc1C(=O)Nc1ccc(OC(=O)c2cc[n+]([O-])cc2)cc1. The summed E-state index contributed by atoms with van der Waals surface area (Å²) in [6.45, 7) is 0. The molecule has 1 amide bonds. The molecular formula is C20H16N2O5. The number of methoxy groups -OCH3 is 1. The standard InChI is InChI=1S/C20H16N2O5/c1-26-18-5-3-2-4-17(18)19(23)21-15-6-8-16(9-7-15)27-20(24)14-10-12-22(25)13-11-14/h2-13H,1H3,(H,21,23). The molecule has 7 nitrogen and oxygen atoms in total. The van der Waals surface area contributed by atoms with Gasteiger partial charge in [0.15, 0.2) is 12.4 Å². The van der Waals surface area contributed by atoms with Crippen molar-refractivity contribution in [2.24, 2.45) is 0 Å². The number of amides is 1. The van der Waals surface area contributed by atoms with E-state index in [9.17, 15) is 14.8 Å². The van der Waals surface area contributed by atoms with Gasteiger partial charge in [-0.3, -0.25) is 4.79 Å². The largest absolute Gasteiger partial charge is 0.619 e. The predicted octanol–water partition coefficient (Wildman–Crippen LogP) is 2.80. The quantitative estimate of drug-likeness (QED) is 0.325. The first-order chi connectivity index (χ1) is 13.1. The zero-order valence-electron chi connectivity index (χ0n) is 14.4. The van der Waals surface area contributed by atoms with Crippen LogP contribution in [0.5, 0.6) is 11.5 Å².